The number of nitrogens with two attached hydrogens (primary N) is 1. The van der Waals surface area contributed by atoms with Crippen molar-refractivity contribution in [2.75, 3.05) is 11.1 Å². The number of rotatable bonds is 3. The van der Waals surface area contributed by atoms with E-state index >= 15 is 0 Å². The largest absolute Gasteiger partial charge is 0.383 e. The molecule has 0 saturated heterocycles. The molecule has 1 atom stereocenters. The van der Waals surface area contributed by atoms with Crippen LogP contribution in [0.2, 0.25) is 0 Å². The van der Waals surface area contributed by atoms with Crippen molar-refractivity contribution < 1.29 is 0 Å². The minimum atomic E-state index is 0.309. The Kier molecular flexibility index (Phi) is 3.61. The third kappa shape index (κ3) is 2.38. The average Bonchev–Trinajstić information content (AvgIpc) is 2.87. The molecule has 2 aromatic heterocycles. The second kappa shape index (κ2) is 5.40. The summed E-state index contributed by atoms with van der Waals surface area (Å²) in [5.41, 5.74) is 8.46. The zero-order chi connectivity index (χ0) is 14.1. The van der Waals surface area contributed by atoms with Crippen LogP contribution in [0.15, 0.2) is 17.8 Å². The fourth-order valence-corrected chi connectivity index (χ4v) is 3.88. The number of nitrogen functional groups attached to an aromatic ring is 1. The summed E-state index contributed by atoms with van der Waals surface area (Å²) >= 11 is 1.86. The topological polar surface area (TPSA) is 63.8 Å². The first-order valence-corrected chi connectivity index (χ1v) is 7.98. The van der Waals surface area contributed by atoms with Crippen molar-refractivity contribution in [2.45, 2.75) is 45.1 Å². The maximum atomic E-state index is 6.01. The van der Waals surface area contributed by atoms with Gasteiger partial charge in [-0.15, -0.1) is 11.3 Å². The smallest absolute Gasteiger partial charge is 0.135 e. The van der Waals surface area contributed by atoms with Crippen LogP contribution in [0.5, 0.6) is 0 Å². The first kappa shape index (κ1) is 13.4. The van der Waals surface area contributed by atoms with Crippen LogP contribution >= 0.6 is 11.3 Å². The van der Waals surface area contributed by atoms with E-state index in [1.165, 1.54) is 23.3 Å². The van der Waals surface area contributed by atoms with Gasteiger partial charge in [0.15, 0.2) is 0 Å². The molecule has 0 fully saturated rings. The number of aryl methyl sites for hydroxylation is 1. The van der Waals surface area contributed by atoms with Gasteiger partial charge in [0.2, 0.25) is 0 Å². The third-order valence-corrected chi connectivity index (χ3v) is 4.85. The molecule has 20 heavy (non-hydrogen) atoms. The Morgan fingerprint density at radius 3 is 3.05 bits per heavy atom. The van der Waals surface area contributed by atoms with E-state index in [9.17, 15) is 0 Å². The highest BCUT2D eigenvalue weighted by atomic mass is 32.1. The van der Waals surface area contributed by atoms with Crippen molar-refractivity contribution in [1.29, 1.82) is 0 Å². The minimum Gasteiger partial charge on any atom is -0.383 e. The monoisotopic (exact) mass is 288 g/mol. The number of nitrogens with one attached hydrogen (secondary N) is 1. The molecule has 1 unspecified atom stereocenters. The second-order valence-electron chi connectivity index (χ2n) is 5.56. The SMILES string of the molecule is CC(C)c1c(N)ncnc1NC1CCCc2sccc21. The predicted molar refractivity (Wildman–Crippen MR) is 84.2 cm³/mol. The van der Waals surface area contributed by atoms with E-state index in [0.29, 0.717) is 17.8 Å². The lowest BCUT2D eigenvalue weighted by Crippen LogP contribution is -2.18. The Morgan fingerprint density at radius 1 is 1.40 bits per heavy atom. The molecule has 106 valence electrons. The summed E-state index contributed by atoms with van der Waals surface area (Å²) in [6.07, 6.45) is 5.11. The predicted octanol–water partition coefficient (Wildman–Crippen LogP) is 3.73. The number of hydrogen-bond acceptors (Lipinski definition) is 5. The molecule has 0 aliphatic heterocycles. The van der Waals surface area contributed by atoms with Crippen molar-refractivity contribution in [3.8, 4) is 0 Å². The Labute approximate surface area is 123 Å². The van der Waals surface area contributed by atoms with Gasteiger partial charge in [-0.2, -0.15) is 0 Å². The average molecular weight is 288 g/mol. The summed E-state index contributed by atoms with van der Waals surface area (Å²) < 4.78 is 0. The van der Waals surface area contributed by atoms with E-state index in [0.717, 1.165) is 17.8 Å². The Balaban J connectivity index is 1.92. The van der Waals surface area contributed by atoms with Crippen molar-refractivity contribution in [3.05, 3.63) is 33.8 Å². The van der Waals surface area contributed by atoms with Crippen LogP contribution < -0.4 is 11.1 Å². The molecule has 1 aliphatic carbocycles. The summed E-state index contributed by atoms with van der Waals surface area (Å²) in [7, 11) is 0. The summed E-state index contributed by atoms with van der Waals surface area (Å²) in [4.78, 5) is 10.0. The third-order valence-electron chi connectivity index (χ3n) is 3.85. The molecule has 3 rings (SSSR count). The number of aromatic nitrogens is 2. The Bertz CT molecular complexity index is 606. The van der Waals surface area contributed by atoms with E-state index in [1.807, 2.05) is 11.3 Å². The molecule has 4 nitrogen and oxygen atoms in total. The van der Waals surface area contributed by atoms with E-state index in [2.05, 4.69) is 40.6 Å². The quantitative estimate of drug-likeness (QED) is 0.903. The van der Waals surface area contributed by atoms with Gasteiger partial charge in [0, 0.05) is 10.4 Å². The number of hydrogen-bond donors (Lipinski definition) is 2. The molecular formula is C15H20N4S. The lowest BCUT2D eigenvalue weighted by Gasteiger charge is -2.26. The van der Waals surface area contributed by atoms with Crippen LogP contribution in [0, 0.1) is 0 Å². The van der Waals surface area contributed by atoms with Crippen molar-refractivity contribution in [1.82, 2.24) is 9.97 Å². The minimum absolute atomic E-state index is 0.309. The maximum Gasteiger partial charge on any atom is 0.135 e. The van der Waals surface area contributed by atoms with E-state index in [1.54, 1.807) is 6.33 Å². The number of nitrogens with zero attached hydrogens (tertiary/aromatic N) is 2. The number of thiophene rings is 1. The lowest BCUT2D eigenvalue weighted by atomic mass is 9.93. The molecule has 2 aromatic rings. The maximum absolute atomic E-state index is 6.01. The number of fused-ring (bicyclic) bond motifs is 1. The van der Waals surface area contributed by atoms with Crippen LogP contribution in [-0.2, 0) is 6.42 Å². The van der Waals surface area contributed by atoms with Crippen molar-refractivity contribution in [2.24, 2.45) is 0 Å². The molecule has 5 heteroatoms. The molecule has 0 spiro atoms. The normalized spacial score (nSPS) is 18.1. The second-order valence-corrected chi connectivity index (χ2v) is 6.56. The molecular weight excluding hydrogens is 268 g/mol. The highest BCUT2D eigenvalue weighted by Gasteiger charge is 2.23. The van der Waals surface area contributed by atoms with Crippen LogP contribution in [0.25, 0.3) is 0 Å². The Hall–Kier alpha value is -1.62. The molecule has 0 saturated carbocycles. The zero-order valence-corrected chi connectivity index (χ0v) is 12.7. The molecule has 0 amide bonds. The molecule has 3 N–H and O–H groups in total. The molecule has 0 radical (unpaired) electrons. The Morgan fingerprint density at radius 2 is 2.25 bits per heavy atom. The van der Waals surface area contributed by atoms with Crippen LogP contribution in [-0.4, -0.2) is 9.97 Å². The van der Waals surface area contributed by atoms with Crippen molar-refractivity contribution >= 4 is 23.0 Å². The highest BCUT2D eigenvalue weighted by molar-refractivity contribution is 7.10. The van der Waals surface area contributed by atoms with Crippen molar-refractivity contribution in [3.63, 3.8) is 0 Å². The van der Waals surface area contributed by atoms with Crippen LogP contribution in [0.3, 0.4) is 0 Å². The van der Waals surface area contributed by atoms with Gasteiger partial charge < -0.3 is 11.1 Å². The molecule has 0 bridgehead atoms. The standard InChI is InChI=1S/C15H20N4S/c1-9(2)13-14(16)17-8-18-15(13)19-11-4-3-5-12-10(11)6-7-20-12/h6-9,11H,3-5H2,1-2H3,(H3,16,17,18,19). The summed E-state index contributed by atoms with van der Waals surface area (Å²) in [5, 5.41) is 5.77. The first-order chi connectivity index (χ1) is 9.66. The van der Waals surface area contributed by atoms with Gasteiger partial charge in [-0.05, 0) is 42.2 Å². The fraction of sp³-hybridized carbons (Fsp3) is 0.467. The van der Waals surface area contributed by atoms with Gasteiger partial charge in [-0.25, -0.2) is 9.97 Å². The van der Waals surface area contributed by atoms with Gasteiger partial charge in [-0.3, -0.25) is 0 Å². The number of anilines is 2. The van der Waals surface area contributed by atoms with Gasteiger partial charge in [0.25, 0.3) is 0 Å². The zero-order valence-electron chi connectivity index (χ0n) is 11.9. The summed E-state index contributed by atoms with van der Waals surface area (Å²) in [6.45, 7) is 4.24. The molecule has 0 aromatic carbocycles. The van der Waals surface area contributed by atoms with Gasteiger partial charge in [0.1, 0.15) is 18.0 Å². The van der Waals surface area contributed by atoms with Crippen LogP contribution in [0.4, 0.5) is 11.6 Å². The van der Waals surface area contributed by atoms with E-state index < -0.39 is 0 Å². The molecule has 2 heterocycles. The first-order valence-electron chi connectivity index (χ1n) is 7.10. The summed E-state index contributed by atoms with van der Waals surface area (Å²) in [6, 6.07) is 2.58. The highest BCUT2D eigenvalue weighted by Crippen LogP contribution is 2.37. The summed E-state index contributed by atoms with van der Waals surface area (Å²) in [5.74, 6) is 1.78. The van der Waals surface area contributed by atoms with Gasteiger partial charge >= 0.3 is 0 Å². The van der Waals surface area contributed by atoms with Gasteiger partial charge in [-0.1, -0.05) is 13.8 Å². The van der Waals surface area contributed by atoms with Gasteiger partial charge in [0.05, 0.1) is 6.04 Å². The fourth-order valence-electron chi connectivity index (χ4n) is 2.89. The van der Waals surface area contributed by atoms with E-state index in [4.69, 9.17) is 5.73 Å². The lowest BCUT2D eigenvalue weighted by molar-refractivity contribution is 0.605. The molecule has 1 aliphatic rings. The van der Waals surface area contributed by atoms with Crippen LogP contribution in [0.1, 0.15) is 54.7 Å². The van der Waals surface area contributed by atoms with E-state index in [-0.39, 0.29) is 0 Å².